The number of ether oxygens (including phenoxy) is 2. The zero-order valence-electron chi connectivity index (χ0n) is 20.6. The highest BCUT2D eigenvalue weighted by Gasteiger charge is 2.39. The van der Waals surface area contributed by atoms with Gasteiger partial charge in [-0.2, -0.15) is 0 Å². The monoisotopic (exact) mass is 576 g/mol. The quantitative estimate of drug-likeness (QED) is 0.142. The van der Waals surface area contributed by atoms with E-state index in [4.69, 9.17) is 32.7 Å². The molecule has 1 N–H and O–H groups in total. The van der Waals surface area contributed by atoms with E-state index in [-0.39, 0.29) is 27.0 Å². The molecule has 0 saturated carbocycles. The molecule has 4 aromatic rings. The summed E-state index contributed by atoms with van der Waals surface area (Å²) in [6.07, 6.45) is 0. The third kappa shape index (κ3) is 5.83. The van der Waals surface area contributed by atoms with Crippen molar-refractivity contribution in [2.75, 3.05) is 10.2 Å². The van der Waals surface area contributed by atoms with Crippen LogP contribution in [0.1, 0.15) is 15.9 Å². The normalized spacial score (nSPS) is 13.0. The molecule has 0 unspecified atom stereocenters. The molecule has 2 amide bonds. The SMILES string of the molecule is O=C(Oc1ccc(OCc2ccccc2)cc1)c1ccc(NC2=C(Cl)C(=O)N(c3ccc(F)c(Cl)c3)C2=O)cc1. The minimum absolute atomic E-state index is 0.0743. The van der Waals surface area contributed by atoms with Crippen molar-refractivity contribution in [1.82, 2.24) is 0 Å². The molecular formula is C30H19Cl2FN2O5. The van der Waals surface area contributed by atoms with Gasteiger partial charge in [0.2, 0.25) is 0 Å². The fourth-order valence-corrected chi connectivity index (χ4v) is 4.20. The van der Waals surface area contributed by atoms with Crippen molar-refractivity contribution in [3.8, 4) is 11.5 Å². The number of carbonyl (C=O) groups excluding carboxylic acids is 3. The first kappa shape index (κ1) is 26.9. The van der Waals surface area contributed by atoms with Crippen LogP contribution in [0.25, 0.3) is 0 Å². The zero-order chi connectivity index (χ0) is 28.2. The van der Waals surface area contributed by atoms with Crippen LogP contribution in [0.2, 0.25) is 5.02 Å². The second-order valence-corrected chi connectivity index (χ2v) is 9.36. The topological polar surface area (TPSA) is 84.9 Å². The van der Waals surface area contributed by atoms with Crippen LogP contribution in [0.15, 0.2) is 108 Å². The van der Waals surface area contributed by atoms with Gasteiger partial charge in [-0.3, -0.25) is 9.59 Å². The maximum absolute atomic E-state index is 13.5. The number of anilines is 2. The minimum atomic E-state index is -0.784. The van der Waals surface area contributed by atoms with E-state index < -0.39 is 23.6 Å². The molecule has 0 aliphatic carbocycles. The number of esters is 1. The predicted molar refractivity (Wildman–Crippen MR) is 149 cm³/mol. The van der Waals surface area contributed by atoms with E-state index in [1.54, 1.807) is 24.3 Å². The van der Waals surface area contributed by atoms with Crippen molar-refractivity contribution < 1.29 is 28.2 Å². The molecule has 0 aromatic heterocycles. The predicted octanol–water partition coefficient (Wildman–Crippen LogP) is 6.71. The van der Waals surface area contributed by atoms with E-state index in [1.165, 1.54) is 30.3 Å². The minimum Gasteiger partial charge on any atom is -0.489 e. The van der Waals surface area contributed by atoms with Gasteiger partial charge in [0.25, 0.3) is 11.8 Å². The molecule has 1 heterocycles. The van der Waals surface area contributed by atoms with Crippen LogP contribution in [-0.2, 0) is 16.2 Å². The van der Waals surface area contributed by atoms with Crippen LogP contribution < -0.4 is 19.7 Å². The largest absolute Gasteiger partial charge is 0.489 e. The third-order valence-electron chi connectivity index (χ3n) is 5.86. The lowest BCUT2D eigenvalue weighted by Crippen LogP contribution is -2.32. The Morgan fingerprint density at radius 1 is 0.825 bits per heavy atom. The number of halogens is 3. The first-order valence-electron chi connectivity index (χ1n) is 11.9. The van der Waals surface area contributed by atoms with Gasteiger partial charge in [-0.25, -0.2) is 14.1 Å². The molecule has 40 heavy (non-hydrogen) atoms. The Morgan fingerprint density at radius 2 is 1.50 bits per heavy atom. The number of nitrogens with zero attached hydrogens (tertiary/aromatic N) is 1. The van der Waals surface area contributed by atoms with Crippen molar-refractivity contribution in [2.24, 2.45) is 0 Å². The molecule has 10 heteroatoms. The molecule has 200 valence electrons. The maximum Gasteiger partial charge on any atom is 0.343 e. The first-order valence-corrected chi connectivity index (χ1v) is 12.7. The molecular weight excluding hydrogens is 558 g/mol. The lowest BCUT2D eigenvalue weighted by Gasteiger charge is -2.15. The van der Waals surface area contributed by atoms with E-state index in [2.05, 4.69) is 5.32 Å². The third-order valence-corrected chi connectivity index (χ3v) is 6.50. The molecule has 0 spiro atoms. The summed E-state index contributed by atoms with van der Waals surface area (Å²) >= 11 is 11.9. The summed E-state index contributed by atoms with van der Waals surface area (Å²) in [6.45, 7) is 0.418. The van der Waals surface area contributed by atoms with Crippen molar-refractivity contribution in [1.29, 1.82) is 0 Å². The molecule has 0 atom stereocenters. The molecule has 0 bridgehead atoms. The summed E-state index contributed by atoms with van der Waals surface area (Å²) in [6, 6.07) is 25.9. The summed E-state index contributed by atoms with van der Waals surface area (Å²) in [7, 11) is 0. The van der Waals surface area contributed by atoms with Gasteiger partial charge in [0.1, 0.15) is 34.7 Å². The van der Waals surface area contributed by atoms with Crippen LogP contribution in [0.4, 0.5) is 15.8 Å². The summed E-state index contributed by atoms with van der Waals surface area (Å²) in [4.78, 5) is 39.0. The lowest BCUT2D eigenvalue weighted by molar-refractivity contribution is -0.120. The fourth-order valence-electron chi connectivity index (χ4n) is 3.81. The van der Waals surface area contributed by atoms with E-state index in [9.17, 15) is 18.8 Å². The number of hydrogen-bond acceptors (Lipinski definition) is 6. The van der Waals surface area contributed by atoms with Gasteiger partial charge in [-0.15, -0.1) is 0 Å². The van der Waals surface area contributed by atoms with Gasteiger partial charge in [0.15, 0.2) is 0 Å². The average Bonchev–Trinajstić information content (AvgIpc) is 3.18. The van der Waals surface area contributed by atoms with E-state index in [1.807, 2.05) is 30.3 Å². The summed E-state index contributed by atoms with van der Waals surface area (Å²) < 4.78 is 24.7. The highest BCUT2D eigenvalue weighted by molar-refractivity contribution is 6.53. The van der Waals surface area contributed by atoms with Crippen molar-refractivity contribution >= 4 is 52.4 Å². The summed E-state index contributed by atoms with van der Waals surface area (Å²) in [5.74, 6) is -1.83. The zero-order valence-corrected chi connectivity index (χ0v) is 22.1. The number of nitrogens with one attached hydrogen (secondary N) is 1. The van der Waals surface area contributed by atoms with E-state index in [0.717, 1.165) is 22.6 Å². The second-order valence-electron chi connectivity index (χ2n) is 8.57. The average molecular weight is 577 g/mol. The van der Waals surface area contributed by atoms with Crippen LogP contribution in [0.5, 0.6) is 11.5 Å². The van der Waals surface area contributed by atoms with Crippen molar-refractivity contribution in [3.05, 3.63) is 130 Å². The number of carbonyl (C=O) groups is 3. The van der Waals surface area contributed by atoms with E-state index in [0.29, 0.717) is 23.8 Å². The Kier molecular flexibility index (Phi) is 7.82. The molecule has 4 aromatic carbocycles. The Hall–Kier alpha value is -4.66. The molecule has 1 aliphatic rings. The lowest BCUT2D eigenvalue weighted by atomic mass is 10.2. The van der Waals surface area contributed by atoms with Crippen LogP contribution >= 0.6 is 23.2 Å². The second kappa shape index (κ2) is 11.6. The van der Waals surface area contributed by atoms with Gasteiger partial charge in [0, 0.05) is 5.69 Å². The first-order chi connectivity index (χ1) is 19.3. The van der Waals surface area contributed by atoms with Gasteiger partial charge >= 0.3 is 5.97 Å². The number of rotatable bonds is 8. The molecule has 0 fully saturated rings. The van der Waals surface area contributed by atoms with Crippen LogP contribution in [-0.4, -0.2) is 17.8 Å². The van der Waals surface area contributed by atoms with Gasteiger partial charge in [-0.1, -0.05) is 53.5 Å². The molecule has 5 rings (SSSR count). The van der Waals surface area contributed by atoms with Crippen molar-refractivity contribution in [3.63, 3.8) is 0 Å². The van der Waals surface area contributed by atoms with Crippen molar-refractivity contribution in [2.45, 2.75) is 6.61 Å². The number of imide groups is 1. The molecule has 0 saturated heterocycles. The van der Waals surface area contributed by atoms with Crippen LogP contribution in [0, 0.1) is 5.82 Å². The maximum atomic E-state index is 13.5. The molecule has 1 aliphatic heterocycles. The Bertz CT molecular complexity index is 1620. The van der Waals surface area contributed by atoms with E-state index >= 15 is 0 Å². The highest BCUT2D eigenvalue weighted by Crippen LogP contribution is 2.32. The number of hydrogen-bond donors (Lipinski definition) is 1. The molecule has 0 radical (unpaired) electrons. The smallest absolute Gasteiger partial charge is 0.343 e. The van der Waals surface area contributed by atoms with Gasteiger partial charge in [0.05, 0.1) is 16.3 Å². The van der Waals surface area contributed by atoms with Gasteiger partial charge < -0.3 is 14.8 Å². The Morgan fingerprint density at radius 3 is 2.17 bits per heavy atom. The number of benzene rings is 4. The Balaban J connectivity index is 1.20. The van der Waals surface area contributed by atoms with Gasteiger partial charge in [-0.05, 0) is 72.3 Å². The van der Waals surface area contributed by atoms with Crippen LogP contribution in [0.3, 0.4) is 0 Å². The standard InChI is InChI=1S/C30H19Cl2FN2O5/c31-24-16-21(10-15-25(24)33)35-28(36)26(32)27(29(35)37)34-20-8-6-19(7-9-20)30(38)40-23-13-11-22(12-14-23)39-17-18-4-2-1-3-5-18/h1-16,34H,17H2. The molecule has 7 nitrogen and oxygen atoms in total. The summed E-state index contributed by atoms with van der Waals surface area (Å²) in [5, 5.41) is 2.22. The highest BCUT2D eigenvalue weighted by atomic mass is 35.5. The Labute approximate surface area is 238 Å². The summed E-state index contributed by atoms with van der Waals surface area (Å²) in [5.41, 5.74) is 1.59. The fraction of sp³-hybridized carbons (Fsp3) is 0.0333. The number of amides is 2.